The zero-order valence-corrected chi connectivity index (χ0v) is 7.71. The highest BCUT2D eigenvalue weighted by atomic mass is 35.5. The van der Waals surface area contributed by atoms with Crippen molar-refractivity contribution < 1.29 is 9.53 Å². The third-order valence-corrected chi connectivity index (χ3v) is 1.58. The maximum Gasteiger partial charge on any atom is 0.340 e. The molecule has 0 rings (SSSR count). The molecule has 0 aromatic carbocycles. The van der Waals surface area contributed by atoms with E-state index < -0.39 is 16.4 Å². The molecule has 0 aliphatic rings. The molecule has 0 aromatic rings. The molecule has 0 spiro atoms. The Morgan fingerprint density at radius 3 is 2.20 bits per heavy atom. The Labute approximate surface area is 78.3 Å². The van der Waals surface area contributed by atoms with E-state index in [0.29, 0.717) is 0 Å². The molecule has 0 saturated heterocycles. The van der Waals surface area contributed by atoms with Crippen molar-refractivity contribution in [2.45, 2.75) is 10.4 Å². The maximum absolute atomic E-state index is 10.5. The smallest absolute Gasteiger partial charge is 0.340 e. The molecular weight excluding hydrogens is 222 g/mol. The molecule has 1 atom stereocenters. The van der Waals surface area contributed by atoms with Crippen molar-refractivity contribution in [1.29, 1.82) is 0 Å². The second kappa shape index (κ2) is 5.30. The predicted octanol–water partition coefficient (Wildman–Crippen LogP) is 2.14. The quantitative estimate of drug-likeness (QED) is 0.544. The van der Waals surface area contributed by atoms with Crippen LogP contribution in [0.5, 0.6) is 0 Å². The Kier molecular flexibility index (Phi) is 5.64. The first kappa shape index (κ1) is 10.6. The minimum absolute atomic E-state index is 0.00773. The van der Waals surface area contributed by atoms with Gasteiger partial charge in [-0.15, -0.1) is 11.6 Å². The van der Waals surface area contributed by atoms with Crippen LogP contribution < -0.4 is 0 Å². The van der Waals surface area contributed by atoms with E-state index in [4.69, 9.17) is 46.4 Å². The molecule has 0 bridgehead atoms. The van der Waals surface area contributed by atoms with Gasteiger partial charge < -0.3 is 4.74 Å². The van der Waals surface area contributed by atoms with Gasteiger partial charge in [-0.3, -0.25) is 0 Å². The number of ether oxygens (including phenoxy) is 1. The molecular formula is C4H4Cl4O2. The van der Waals surface area contributed by atoms with Crippen molar-refractivity contribution in [2.24, 2.45) is 0 Å². The third-order valence-electron chi connectivity index (χ3n) is 0.544. The normalized spacial score (nSPS) is 13.3. The van der Waals surface area contributed by atoms with Crippen molar-refractivity contribution >= 4 is 52.4 Å². The first-order chi connectivity index (χ1) is 4.57. The van der Waals surface area contributed by atoms with Crippen molar-refractivity contribution in [2.75, 3.05) is 5.88 Å². The van der Waals surface area contributed by atoms with E-state index in [0.717, 1.165) is 0 Å². The maximum atomic E-state index is 10.5. The van der Waals surface area contributed by atoms with Crippen molar-refractivity contribution in [3.05, 3.63) is 0 Å². The number of carbonyl (C=O) groups excluding carboxylic acids is 1. The Balaban J connectivity index is 3.57. The third kappa shape index (κ3) is 4.45. The van der Waals surface area contributed by atoms with E-state index in [9.17, 15) is 4.79 Å². The first-order valence-electron chi connectivity index (χ1n) is 2.26. The van der Waals surface area contributed by atoms with Crippen molar-refractivity contribution in [3.8, 4) is 0 Å². The molecule has 0 aromatic heterocycles. The van der Waals surface area contributed by atoms with Gasteiger partial charge in [0.05, 0.1) is 5.88 Å². The van der Waals surface area contributed by atoms with Gasteiger partial charge in [0, 0.05) is 0 Å². The monoisotopic (exact) mass is 224 g/mol. The Morgan fingerprint density at radius 2 is 1.90 bits per heavy atom. The summed E-state index contributed by atoms with van der Waals surface area (Å²) < 4.78 is 4.39. The van der Waals surface area contributed by atoms with Crippen LogP contribution in [-0.4, -0.2) is 22.2 Å². The zero-order chi connectivity index (χ0) is 8.15. The summed E-state index contributed by atoms with van der Waals surface area (Å²) in [6, 6.07) is 0. The van der Waals surface area contributed by atoms with Gasteiger partial charge in [-0.1, -0.05) is 34.8 Å². The van der Waals surface area contributed by atoms with E-state index >= 15 is 0 Å². The summed E-state index contributed by atoms with van der Waals surface area (Å²) in [4.78, 5) is 9.28. The molecule has 0 amide bonds. The summed E-state index contributed by atoms with van der Waals surface area (Å²) >= 11 is 20.8. The molecule has 0 fully saturated rings. The first-order valence-corrected chi connectivity index (χ1v) is 4.11. The molecule has 0 saturated carbocycles. The summed E-state index contributed by atoms with van der Waals surface area (Å²) in [7, 11) is 0. The van der Waals surface area contributed by atoms with Crippen LogP contribution in [0.3, 0.4) is 0 Å². The fraction of sp³-hybridized carbons (Fsp3) is 0.750. The molecule has 0 aliphatic heterocycles. The lowest BCUT2D eigenvalue weighted by Crippen LogP contribution is -2.18. The minimum atomic E-state index is -1.20. The van der Waals surface area contributed by atoms with Crippen LogP contribution in [0.15, 0.2) is 0 Å². The summed E-state index contributed by atoms with van der Waals surface area (Å²) in [5.41, 5.74) is -0.867. The topological polar surface area (TPSA) is 26.3 Å². The average molecular weight is 226 g/mol. The van der Waals surface area contributed by atoms with Crippen molar-refractivity contribution in [3.63, 3.8) is 0 Å². The largest absolute Gasteiger partial charge is 0.443 e. The second-order valence-electron chi connectivity index (χ2n) is 1.30. The number of hydrogen-bond donors (Lipinski definition) is 0. The Morgan fingerprint density at radius 1 is 1.40 bits per heavy atom. The van der Waals surface area contributed by atoms with Crippen molar-refractivity contribution in [1.82, 2.24) is 0 Å². The highest BCUT2D eigenvalue weighted by molar-refractivity contribution is 6.53. The number of halogens is 4. The number of esters is 1. The molecule has 0 aliphatic carbocycles. The van der Waals surface area contributed by atoms with Crippen LogP contribution in [0.1, 0.15) is 0 Å². The van der Waals surface area contributed by atoms with Gasteiger partial charge in [0.15, 0.2) is 5.56 Å². The average Bonchev–Trinajstić information content (AvgIpc) is 1.87. The molecule has 10 heavy (non-hydrogen) atoms. The van der Waals surface area contributed by atoms with E-state index in [1.54, 1.807) is 0 Å². The molecule has 1 unspecified atom stereocenters. The van der Waals surface area contributed by atoms with Crippen LogP contribution in [0.2, 0.25) is 0 Å². The van der Waals surface area contributed by atoms with Gasteiger partial charge in [0.2, 0.25) is 4.84 Å². The van der Waals surface area contributed by atoms with Gasteiger partial charge in [0.25, 0.3) is 0 Å². The van der Waals surface area contributed by atoms with Gasteiger partial charge in [0.1, 0.15) is 0 Å². The van der Waals surface area contributed by atoms with E-state index in [-0.39, 0.29) is 5.88 Å². The Hall–Kier alpha value is 0.630. The molecule has 2 nitrogen and oxygen atoms in total. The number of alkyl halides is 4. The molecule has 0 N–H and O–H groups in total. The van der Waals surface area contributed by atoms with E-state index in [2.05, 4.69) is 4.74 Å². The molecule has 0 radical (unpaired) electrons. The van der Waals surface area contributed by atoms with Crippen LogP contribution in [0.25, 0.3) is 0 Å². The van der Waals surface area contributed by atoms with E-state index in [1.807, 2.05) is 0 Å². The van der Waals surface area contributed by atoms with Gasteiger partial charge in [-0.25, -0.2) is 4.79 Å². The van der Waals surface area contributed by atoms with Gasteiger partial charge in [-0.2, -0.15) is 0 Å². The van der Waals surface area contributed by atoms with Crippen LogP contribution >= 0.6 is 46.4 Å². The highest BCUT2D eigenvalue weighted by Gasteiger charge is 2.16. The predicted molar refractivity (Wildman–Crippen MR) is 41.9 cm³/mol. The summed E-state index contributed by atoms with van der Waals surface area (Å²) in [5.74, 6) is -0.780. The van der Waals surface area contributed by atoms with Crippen LogP contribution in [0, 0.1) is 0 Å². The highest BCUT2D eigenvalue weighted by Crippen LogP contribution is 2.08. The summed E-state index contributed by atoms with van der Waals surface area (Å²) in [6.45, 7) is 0. The minimum Gasteiger partial charge on any atom is -0.443 e. The second-order valence-corrected chi connectivity index (χ2v) is 3.19. The number of hydrogen-bond acceptors (Lipinski definition) is 2. The lowest BCUT2D eigenvalue weighted by molar-refractivity contribution is -0.142. The summed E-state index contributed by atoms with van der Waals surface area (Å²) in [6.07, 6.45) is 0. The SMILES string of the molecule is O=C(OC(Cl)CCl)C(Cl)Cl. The summed E-state index contributed by atoms with van der Waals surface area (Å²) in [5, 5.41) is 0. The standard InChI is InChI=1S/C4H4Cl4O2/c5-1-2(6)10-4(9)3(7)8/h2-3H,1H2. The fourth-order valence-electron chi connectivity index (χ4n) is 0.209. The Bertz CT molecular complexity index is 116. The molecule has 0 heterocycles. The lowest BCUT2D eigenvalue weighted by atomic mass is 10.7. The molecule has 60 valence electrons. The lowest BCUT2D eigenvalue weighted by Gasteiger charge is -2.07. The number of rotatable bonds is 3. The fourth-order valence-corrected chi connectivity index (χ4v) is 0.463. The van der Waals surface area contributed by atoms with E-state index in [1.165, 1.54) is 0 Å². The zero-order valence-electron chi connectivity index (χ0n) is 4.69. The number of carbonyl (C=O) groups is 1. The van der Waals surface area contributed by atoms with Gasteiger partial charge >= 0.3 is 5.97 Å². The van der Waals surface area contributed by atoms with Crippen LogP contribution in [0.4, 0.5) is 0 Å². The van der Waals surface area contributed by atoms with Crippen LogP contribution in [-0.2, 0) is 9.53 Å². The van der Waals surface area contributed by atoms with Gasteiger partial charge in [-0.05, 0) is 0 Å². The molecule has 6 heteroatoms.